The Hall–Kier alpha value is -1.63. The van der Waals surface area contributed by atoms with Crippen LogP contribution in [0.25, 0.3) is 0 Å². The lowest BCUT2D eigenvalue weighted by Gasteiger charge is -2.22. The molecule has 0 fully saturated rings. The molecular weight excluding hydrogens is 256 g/mol. The van der Waals surface area contributed by atoms with Gasteiger partial charge >= 0.3 is 12.1 Å². The van der Waals surface area contributed by atoms with Crippen LogP contribution in [0.4, 0.5) is 4.79 Å². The molecule has 1 aromatic rings. The van der Waals surface area contributed by atoms with E-state index in [1.54, 1.807) is 32.3 Å². The number of nitrogens with one attached hydrogen (secondary N) is 1. The number of hydrogen-bond acceptors (Lipinski definition) is 5. The number of carboxylic acid groups (broad SMARTS) is 1. The standard InChI is InChI=1S/C11H16N2O4S/c1-11(2,3)17-10(16)13-7(6-8(14)15)9-12-4-5-18-9/h4-5,7H,6H2,1-3H3,(H,13,16)(H,14,15)/t7-/m1/s1. The third-order valence-corrected chi connectivity index (χ3v) is 2.71. The van der Waals surface area contributed by atoms with Crippen molar-refractivity contribution < 1.29 is 19.4 Å². The molecule has 0 spiro atoms. The molecule has 0 bridgehead atoms. The molecule has 0 unspecified atom stereocenters. The molecule has 7 heteroatoms. The summed E-state index contributed by atoms with van der Waals surface area (Å²) in [4.78, 5) is 26.4. The van der Waals surface area contributed by atoms with Gasteiger partial charge in [0.15, 0.2) is 0 Å². The van der Waals surface area contributed by atoms with E-state index in [1.165, 1.54) is 11.3 Å². The topological polar surface area (TPSA) is 88.5 Å². The fourth-order valence-electron chi connectivity index (χ4n) is 1.23. The summed E-state index contributed by atoms with van der Waals surface area (Å²) in [5.74, 6) is -1.01. The molecular formula is C11H16N2O4S. The molecule has 1 rings (SSSR count). The van der Waals surface area contributed by atoms with Crippen molar-refractivity contribution in [1.82, 2.24) is 10.3 Å². The predicted molar refractivity (Wildman–Crippen MR) is 66.5 cm³/mol. The molecule has 1 aromatic heterocycles. The molecule has 0 aliphatic heterocycles. The summed E-state index contributed by atoms with van der Waals surface area (Å²) in [5, 5.41) is 13.6. The molecule has 0 radical (unpaired) electrons. The van der Waals surface area contributed by atoms with Crippen LogP contribution in [0, 0.1) is 0 Å². The second kappa shape index (κ2) is 5.81. The van der Waals surface area contributed by atoms with Gasteiger partial charge in [-0.05, 0) is 20.8 Å². The highest BCUT2D eigenvalue weighted by molar-refractivity contribution is 7.09. The van der Waals surface area contributed by atoms with E-state index in [4.69, 9.17) is 9.84 Å². The highest BCUT2D eigenvalue weighted by Crippen LogP contribution is 2.20. The number of amides is 1. The summed E-state index contributed by atoms with van der Waals surface area (Å²) < 4.78 is 5.08. The maximum absolute atomic E-state index is 11.6. The number of carbonyl (C=O) groups excluding carboxylic acids is 1. The lowest BCUT2D eigenvalue weighted by molar-refractivity contribution is -0.137. The van der Waals surface area contributed by atoms with E-state index in [9.17, 15) is 9.59 Å². The lowest BCUT2D eigenvalue weighted by Crippen LogP contribution is -2.35. The van der Waals surface area contributed by atoms with E-state index in [0.29, 0.717) is 5.01 Å². The number of carbonyl (C=O) groups is 2. The molecule has 1 amide bonds. The Morgan fingerprint density at radius 2 is 2.22 bits per heavy atom. The molecule has 0 aromatic carbocycles. The third kappa shape index (κ3) is 5.13. The van der Waals surface area contributed by atoms with Crippen LogP contribution in [-0.2, 0) is 9.53 Å². The van der Waals surface area contributed by atoms with Crippen molar-refractivity contribution in [2.75, 3.05) is 0 Å². The number of alkyl carbamates (subject to hydrolysis) is 1. The maximum Gasteiger partial charge on any atom is 0.408 e. The molecule has 0 saturated heterocycles. The SMILES string of the molecule is CC(C)(C)OC(=O)N[C@H](CC(=O)O)c1nccs1. The smallest absolute Gasteiger partial charge is 0.408 e. The second-order valence-corrected chi connectivity index (χ2v) is 5.59. The number of aromatic nitrogens is 1. The van der Waals surface area contributed by atoms with Gasteiger partial charge in [-0.25, -0.2) is 9.78 Å². The lowest BCUT2D eigenvalue weighted by atomic mass is 10.2. The Balaban J connectivity index is 2.68. The average molecular weight is 272 g/mol. The monoisotopic (exact) mass is 272 g/mol. The van der Waals surface area contributed by atoms with Crippen molar-refractivity contribution in [1.29, 1.82) is 0 Å². The van der Waals surface area contributed by atoms with Crippen LogP contribution >= 0.6 is 11.3 Å². The fourth-order valence-corrected chi connectivity index (χ4v) is 1.92. The van der Waals surface area contributed by atoms with Crippen LogP contribution in [0.1, 0.15) is 38.2 Å². The zero-order valence-corrected chi connectivity index (χ0v) is 11.3. The van der Waals surface area contributed by atoms with Gasteiger partial charge in [-0.3, -0.25) is 4.79 Å². The van der Waals surface area contributed by atoms with Gasteiger partial charge in [0.25, 0.3) is 0 Å². The van der Waals surface area contributed by atoms with Gasteiger partial charge in [-0.1, -0.05) is 0 Å². The third-order valence-electron chi connectivity index (χ3n) is 1.82. The fraction of sp³-hybridized carbons (Fsp3) is 0.545. The van der Waals surface area contributed by atoms with Gasteiger partial charge in [0.2, 0.25) is 0 Å². The number of thiazole rings is 1. The van der Waals surface area contributed by atoms with Crippen LogP contribution in [0.3, 0.4) is 0 Å². The normalized spacial score (nSPS) is 12.8. The second-order valence-electron chi connectivity index (χ2n) is 4.67. The van der Waals surface area contributed by atoms with Crippen LogP contribution in [0.2, 0.25) is 0 Å². The van der Waals surface area contributed by atoms with Crippen molar-refractivity contribution in [3.05, 3.63) is 16.6 Å². The van der Waals surface area contributed by atoms with Gasteiger partial charge in [0.05, 0.1) is 12.5 Å². The molecule has 1 heterocycles. The Morgan fingerprint density at radius 1 is 1.56 bits per heavy atom. The van der Waals surface area contributed by atoms with Crippen molar-refractivity contribution >= 4 is 23.4 Å². The van der Waals surface area contributed by atoms with Crippen LogP contribution in [0.15, 0.2) is 11.6 Å². The van der Waals surface area contributed by atoms with E-state index in [-0.39, 0.29) is 6.42 Å². The van der Waals surface area contributed by atoms with E-state index in [2.05, 4.69) is 10.3 Å². The predicted octanol–water partition coefficient (Wildman–Crippen LogP) is 2.18. The Bertz CT molecular complexity index is 411. The maximum atomic E-state index is 11.6. The zero-order chi connectivity index (χ0) is 13.8. The van der Waals surface area contributed by atoms with E-state index >= 15 is 0 Å². The van der Waals surface area contributed by atoms with E-state index < -0.39 is 23.7 Å². The van der Waals surface area contributed by atoms with Gasteiger partial charge in [0.1, 0.15) is 10.6 Å². The van der Waals surface area contributed by atoms with Crippen LogP contribution in [0.5, 0.6) is 0 Å². The van der Waals surface area contributed by atoms with Gasteiger partial charge in [-0.2, -0.15) is 0 Å². The highest BCUT2D eigenvalue weighted by atomic mass is 32.1. The van der Waals surface area contributed by atoms with Crippen LogP contribution in [-0.4, -0.2) is 27.8 Å². The Kier molecular flexibility index (Phi) is 4.66. The van der Waals surface area contributed by atoms with Gasteiger partial charge < -0.3 is 15.2 Å². The number of nitrogens with zero attached hydrogens (tertiary/aromatic N) is 1. The first-order chi connectivity index (χ1) is 8.28. The molecule has 0 aliphatic carbocycles. The summed E-state index contributed by atoms with van der Waals surface area (Å²) >= 11 is 1.29. The molecule has 1 atom stereocenters. The summed E-state index contributed by atoms with van der Waals surface area (Å²) in [6.45, 7) is 5.21. The van der Waals surface area contributed by atoms with Crippen molar-refractivity contribution in [2.24, 2.45) is 0 Å². The quantitative estimate of drug-likeness (QED) is 0.877. The van der Waals surface area contributed by atoms with Crippen molar-refractivity contribution in [3.8, 4) is 0 Å². The first kappa shape index (κ1) is 14.4. The summed E-state index contributed by atoms with van der Waals surface area (Å²) in [6, 6.07) is -0.669. The van der Waals surface area contributed by atoms with Crippen LogP contribution < -0.4 is 5.32 Å². The minimum absolute atomic E-state index is 0.229. The molecule has 0 saturated carbocycles. The number of hydrogen-bond donors (Lipinski definition) is 2. The Labute approximate surface area is 109 Å². The first-order valence-corrected chi connectivity index (χ1v) is 6.26. The largest absolute Gasteiger partial charge is 0.481 e. The summed E-state index contributed by atoms with van der Waals surface area (Å²) in [6.07, 6.45) is 0.683. The molecule has 0 aliphatic rings. The van der Waals surface area contributed by atoms with Crippen molar-refractivity contribution in [3.63, 3.8) is 0 Å². The van der Waals surface area contributed by atoms with Gasteiger partial charge in [-0.15, -0.1) is 11.3 Å². The number of carboxylic acids is 1. The van der Waals surface area contributed by atoms with Crippen molar-refractivity contribution in [2.45, 2.75) is 38.8 Å². The number of rotatable bonds is 4. The zero-order valence-electron chi connectivity index (χ0n) is 10.5. The van der Waals surface area contributed by atoms with Gasteiger partial charge in [0, 0.05) is 11.6 Å². The molecule has 2 N–H and O–H groups in total. The number of ether oxygens (including phenoxy) is 1. The summed E-state index contributed by atoms with van der Waals surface area (Å²) in [7, 11) is 0. The average Bonchev–Trinajstić information content (AvgIpc) is 2.64. The van der Waals surface area contributed by atoms with E-state index in [1.807, 2.05) is 0 Å². The van der Waals surface area contributed by atoms with E-state index in [0.717, 1.165) is 0 Å². The minimum Gasteiger partial charge on any atom is -0.481 e. The first-order valence-electron chi connectivity index (χ1n) is 5.38. The molecule has 100 valence electrons. The number of aliphatic carboxylic acids is 1. The highest BCUT2D eigenvalue weighted by Gasteiger charge is 2.23. The molecule has 18 heavy (non-hydrogen) atoms. The summed E-state index contributed by atoms with van der Waals surface area (Å²) in [5.41, 5.74) is -0.624. The minimum atomic E-state index is -1.01. The Morgan fingerprint density at radius 3 is 2.67 bits per heavy atom. The molecule has 6 nitrogen and oxygen atoms in total.